The topological polar surface area (TPSA) is 69.7 Å². The molecule has 1 amide bonds. The summed E-state index contributed by atoms with van der Waals surface area (Å²) in [7, 11) is 0.543. The van der Waals surface area contributed by atoms with E-state index in [2.05, 4.69) is 5.32 Å². The van der Waals surface area contributed by atoms with Gasteiger partial charge in [0, 0.05) is 30.2 Å². The van der Waals surface area contributed by atoms with Crippen LogP contribution in [0.3, 0.4) is 0 Å². The molecule has 0 spiro atoms. The SMILES string of the molecule is CN(C)CCCN(CCC(=O)Nc1cccc(Cl)c1)S(C)(=O)=O. The van der Waals surface area contributed by atoms with Gasteiger partial charge in [-0.2, -0.15) is 0 Å². The monoisotopic (exact) mass is 361 g/mol. The van der Waals surface area contributed by atoms with E-state index in [1.165, 1.54) is 4.31 Å². The minimum atomic E-state index is -3.32. The van der Waals surface area contributed by atoms with Crippen LogP contribution in [0.15, 0.2) is 24.3 Å². The molecular weight excluding hydrogens is 338 g/mol. The molecule has 0 fully saturated rings. The maximum absolute atomic E-state index is 12.0. The quantitative estimate of drug-likeness (QED) is 0.729. The molecule has 1 rings (SSSR count). The predicted molar refractivity (Wildman–Crippen MR) is 94.3 cm³/mol. The van der Waals surface area contributed by atoms with Crippen molar-refractivity contribution in [3.8, 4) is 0 Å². The Hall–Kier alpha value is -1.15. The van der Waals surface area contributed by atoms with Crippen molar-refractivity contribution in [2.75, 3.05) is 45.3 Å². The van der Waals surface area contributed by atoms with E-state index in [-0.39, 0.29) is 18.9 Å². The van der Waals surface area contributed by atoms with E-state index in [9.17, 15) is 13.2 Å². The maximum atomic E-state index is 12.0. The molecule has 0 aliphatic rings. The van der Waals surface area contributed by atoms with Crippen LogP contribution in [-0.4, -0.2) is 63.5 Å². The number of hydrogen-bond acceptors (Lipinski definition) is 4. The van der Waals surface area contributed by atoms with Crippen molar-refractivity contribution in [1.82, 2.24) is 9.21 Å². The Morgan fingerprint density at radius 2 is 1.91 bits per heavy atom. The minimum absolute atomic E-state index is 0.0988. The third kappa shape index (κ3) is 8.31. The Bertz CT molecular complexity index is 620. The number of nitrogens with zero attached hydrogens (tertiary/aromatic N) is 2. The third-order valence-corrected chi connectivity index (χ3v) is 4.72. The van der Waals surface area contributed by atoms with Crippen LogP contribution in [0.5, 0.6) is 0 Å². The number of halogens is 1. The lowest BCUT2D eigenvalue weighted by atomic mass is 10.3. The number of sulfonamides is 1. The first kappa shape index (κ1) is 19.9. The van der Waals surface area contributed by atoms with Crippen molar-refractivity contribution in [2.45, 2.75) is 12.8 Å². The van der Waals surface area contributed by atoms with Gasteiger partial charge in [0.1, 0.15) is 0 Å². The smallest absolute Gasteiger partial charge is 0.225 e. The van der Waals surface area contributed by atoms with Crippen molar-refractivity contribution in [3.05, 3.63) is 29.3 Å². The predicted octanol–water partition coefficient (Wildman–Crippen LogP) is 1.88. The zero-order valence-electron chi connectivity index (χ0n) is 13.8. The molecule has 6 nitrogen and oxygen atoms in total. The summed E-state index contributed by atoms with van der Waals surface area (Å²) in [6.45, 7) is 1.36. The highest BCUT2D eigenvalue weighted by atomic mass is 35.5. The molecule has 0 saturated carbocycles. The fourth-order valence-corrected chi connectivity index (χ4v) is 3.10. The van der Waals surface area contributed by atoms with Crippen LogP contribution < -0.4 is 5.32 Å². The standard InChI is InChI=1S/C15H24ClN3O3S/c1-18(2)9-5-10-19(23(3,21)22)11-8-15(20)17-14-7-4-6-13(16)12-14/h4,6-7,12H,5,8-11H2,1-3H3,(H,17,20). The summed E-state index contributed by atoms with van der Waals surface area (Å²) in [5, 5.41) is 3.24. The van der Waals surface area contributed by atoms with Gasteiger partial charge in [0.15, 0.2) is 0 Å². The van der Waals surface area contributed by atoms with Crippen LogP contribution in [-0.2, 0) is 14.8 Å². The lowest BCUT2D eigenvalue weighted by Crippen LogP contribution is -2.35. The van der Waals surface area contributed by atoms with Crippen LogP contribution in [0.2, 0.25) is 5.02 Å². The van der Waals surface area contributed by atoms with Gasteiger partial charge in [0.25, 0.3) is 0 Å². The molecule has 0 bridgehead atoms. The minimum Gasteiger partial charge on any atom is -0.326 e. The summed E-state index contributed by atoms with van der Waals surface area (Å²) in [6.07, 6.45) is 1.98. The number of anilines is 1. The van der Waals surface area contributed by atoms with Crippen molar-refractivity contribution in [2.24, 2.45) is 0 Å². The first-order chi connectivity index (χ1) is 10.7. The van der Waals surface area contributed by atoms with Gasteiger partial charge in [-0.3, -0.25) is 4.79 Å². The van der Waals surface area contributed by atoms with Gasteiger partial charge in [0.2, 0.25) is 15.9 Å². The van der Waals surface area contributed by atoms with Gasteiger partial charge in [-0.05, 0) is 45.3 Å². The van der Waals surface area contributed by atoms with Crippen LogP contribution in [0.4, 0.5) is 5.69 Å². The number of carbonyl (C=O) groups excluding carboxylic acids is 1. The van der Waals surface area contributed by atoms with Crippen LogP contribution in [0, 0.1) is 0 Å². The summed E-state index contributed by atoms with van der Waals surface area (Å²) in [5.74, 6) is -0.242. The van der Waals surface area contributed by atoms with Crippen LogP contribution >= 0.6 is 11.6 Å². The number of carbonyl (C=O) groups is 1. The highest BCUT2D eigenvalue weighted by Crippen LogP contribution is 2.15. The second kappa shape index (κ2) is 9.22. The molecule has 0 radical (unpaired) electrons. The average Bonchev–Trinajstić information content (AvgIpc) is 2.40. The normalized spacial score (nSPS) is 11.9. The Labute approximate surface area is 143 Å². The lowest BCUT2D eigenvalue weighted by molar-refractivity contribution is -0.116. The van der Waals surface area contributed by atoms with Crippen LogP contribution in [0.1, 0.15) is 12.8 Å². The first-order valence-corrected chi connectivity index (χ1v) is 9.56. The molecule has 0 aliphatic carbocycles. The van der Waals surface area contributed by atoms with Gasteiger partial charge in [-0.1, -0.05) is 17.7 Å². The number of rotatable bonds is 9. The van der Waals surface area contributed by atoms with Gasteiger partial charge in [-0.15, -0.1) is 0 Å². The fraction of sp³-hybridized carbons (Fsp3) is 0.533. The Kier molecular flexibility index (Phi) is 7.98. The molecule has 1 aromatic rings. The van der Waals surface area contributed by atoms with Gasteiger partial charge in [-0.25, -0.2) is 12.7 Å². The summed E-state index contributed by atoms with van der Waals surface area (Å²) in [6, 6.07) is 6.83. The van der Waals surface area contributed by atoms with Crippen molar-refractivity contribution < 1.29 is 13.2 Å². The molecular formula is C15H24ClN3O3S. The zero-order valence-corrected chi connectivity index (χ0v) is 15.3. The molecule has 0 aromatic heterocycles. The summed E-state index contributed by atoms with van der Waals surface area (Å²) in [4.78, 5) is 13.9. The third-order valence-electron chi connectivity index (χ3n) is 3.18. The molecule has 0 aliphatic heterocycles. The Morgan fingerprint density at radius 1 is 1.22 bits per heavy atom. The number of amides is 1. The number of benzene rings is 1. The van der Waals surface area contributed by atoms with Crippen molar-refractivity contribution in [3.63, 3.8) is 0 Å². The Balaban J connectivity index is 2.51. The largest absolute Gasteiger partial charge is 0.326 e. The molecule has 1 N–H and O–H groups in total. The van der Waals surface area contributed by atoms with E-state index in [0.29, 0.717) is 17.3 Å². The molecule has 23 heavy (non-hydrogen) atoms. The molecule has 0 unspecified atom stereocenters. The van der Waals surface area contributed by atoms with E-state index >= 15 is 0 Å². The van der Waals surface area contributed by atoms with Crippen molar-refractivity contribution >= 4 is 33.2 Å². The van der Waals surface area contributed by atoms with Crippen molar-refractivity contribution in [1.29, 1.82) is 0 Å². The van der Waals surface area contributed by atoms with E-state index in [4.69, 9.17) is 11.6 Å². The second-order valence-corrected chi connectivity index (χ2v) is 8.05. The van der Waals surface area contributed by atoms with E-state index in [1.54, 1.807) is 24.3 Å². The average molecular weight is 362 g/mol. The Morgan fingerprint density at radius 3 is 2.48 bits per heavy atom. The van der Waals surface area contributed by atoms with E-state index in [1.807, 2.05) is 19.0 Å². The highest BCUT2D eigenvalue weighted by molar-refractivity contribution is 7.88. The molecule has 8 heteroatoms. The molecule has 130 valence electrons. The second-order valence-electron chi connectivity index (χ2n) is 5.63. The summed E-state index contributed by atoms with van der Waals surface area (Å²) in [5.41, 5.74) is 0.598. The maximum Gasteiger partial charge on any atom is 0.225 e. The number of hydrogen-bond donors (Lipinski definition) is 1. The van der Waals surface area contributed by atoms with Crippen LogP contribution in [0.25, 0.3) is 0 Å². The lowest BCUT2D eigenvalue weighted by Gasteiger charge is -2.20. The highest BCUT2D eigenvalue weighted by Gasteiger charge is 2.17. The van der Waals surface area contributed by atoms with Gasteiger partial charge < -0.3 is 10.2 Å². The zero-order chi connectivity index (χ0) is 17.5. The van der Waals surface area contributed by atoms with E-state index < -0.39 is 10.0 Å². The van der Waals surface area contributed by atoms with Gasteiger partial charge in [0.05, 0.1) is 6.26 Å². The summed E-state index contributed by atoms with van der Waals surface area (Å²) < 4.78 is 24.9. The molecule has 1 aromatic carbocycles. The number of nitrogens with one attached hydrogen (secondary N) is 1. The fourth-order valence-electron chi connectivity index (χ4n) is 2.02. The van der Waals surface area contributed by atoms with E-state index in [0.717, 1.165) is 19.2 Å². The van der Waals surface area contributed by atoms with Gasteiger partial charge >= 0.3 is 0 Å². The summed E-state index contributed by atoms with van der Waals surface area (Å²) >= 11 is 5.86. The molecule has 0 saturated heterocycles. The molecule has 0 atom stereocenters. The first-order valence-electron chi connectivity index (χ1n) is 7.34. The molecule has 0 heterocycles.